The molecular weight excluding hydrogens is 222 g/mol. The highest BCUT2D eigenvalue weighted by molar-refractivity contribution is 7.17. The maximum atomic E-state index is 12.3. The van der Waals surface area contributed by atoms with E-state index < -0.39 is 0 Å². The minimum absolute atomic E-state index is 0.0866. The van der Waals surface area contributed by atoms with Crippen molar-refractivity contribution < 1.29 is 4.79 Å². The number of amides is 1. The normalized spacial score (nSPS) is 25.1. The highest BCUT2D eigenvalue weighted by Crippen LogP contribution is 2.28. The summed E-state index contributed by atoms with van der Waals surface area (Å²) in [4.78, 5) is 19.0. The molecule has 1 amide bonds. The maximum absolute atomic E-state index is 12.3. The Balaban J connectivity index is 2.22. The quantitative estimate of drug-likeness (QED) is 0.814. The number of rotatable bonds is 1. The highest BCUT2D eigenvalue weighted by atomic mass is 32.1. The van der Waals surface area contributed by atoms with Crippen LogP contribution in [-0.4, -0.2) is 28.4 Å². The third-order valence-electron chi connectivity index (χ3n) is 3.05. The van der Waals surface area contributed by atoms with Crippen molar-refractivity contribution in [2.24, 2.45) is 5.92 Å². The lowest BCUT2D eigenvalue weighted by Gasteiger charge is -2.20. The first kappa shape index (κ1) is 11.4. The van der Waals surface area contributed by atoms with Gasteiger partial charge in [0.25, 0.3) is 5.91 Å². The summed E-state index contributed by atoms with van der Waals surface area (Å²) in [6.07, 6.45) is 1.08. The maximum Gasteiger partial charge on any atom is 0.266 e. The lowest BCUT2D eigenvalue weighted by Crippen LogP contribution is -2.33. The third kappa shape index (κ3) is 1.91. The molecule has 0 aliphatic carbocycles. The zero-order valence-corrected chi connectivity index (χ0v) is 10.7. The van der Waals surface area contributed by atoms with Crippen LogP contribution >= 0.6 is 11.3 Å². The number of anilines is 1. The van der Waals surface area contributed by atoms with Gasteiger partial charge in [-0.05, 0) is 26.2 Å². The first-order chi connectivity index (χ1) is 7.49. The number of hydrogen-bond acceptors (Lipinski definition) is 4. The van der Waals surface area contributed by atoms with E-state index in [1.54, 1.807) is 0 Å². The Morgan fingerprint density at radius 1 is 1.56 bits per heavy atom. The first-order valence-electron chi connectivity index (χ1n) is 5.53. The summed E-state index contributed by atoms with van der Waals surface area (Å²) in [7, 11) is 0. The molecule has 1 aromatic rings. The summed E-state index contributed by atoms with van der Waals surface area (Å²) in [5.74, 6) is 0.674. The Morgan fingerprint density at radius 2 is 2.25 bits per heavy atom. The van der Waals surface area contributed by atoms with E-state index in [2.05, 4.69) is 18.8 Å². The summed E-state index contributed by atoms with van der Waals surface area (Å²) in [6, 6.07) is 0.324. The van der Waals surface area contributed by atoms with E-state index in [4.69, 9.17) is 5.73 Å². The number of aryl methyl sites for hydroxylation is 1. The summed E-state index contributed by atoms with van der Waals surface area (Å²) in [5, 5.41) is 0.473. The molecule has 1 saturated heterocycles. The molecule has 0 spiro atoms. The van der Waals surface area contributed by atoms with Crippen LogP contribution in [0.5, 0.6) is 0 Å². The molecule has 2 heterocycles. The highest BCUT2D eigenvalue weighted by Gasteiger charge is 2.32. The molecule has 2 unspecified atom stereocenters. The first-order valence-corrected chi connectivity index (χ1v) is 6.34. The third-order valence-corrected chi connectivity index (χ3v) is 4.03. The Kier molecular flexibility index (Phi) is 2.88. The second kappa shape index (κ2) is 4.05. The average Bonchev–Trinajstić information content (AvgIpc) is 2.68. The average molecular weight is 239 g/mol. The Bertz CT molecular complexity index is 415. The van der Waals surface area contributed by atoms with Crippen molar-refractivity contribution in [1.82, 2.24) is 9.88 Å². The molecule has 5 heteroatoms. The van der Waals surface area contributed by atoms with Gasteiger partial charge in [0.1, 0.15) is 4.88 Å². The van der Waals surface area contributed by atoms with Crippen molar-refractivity contribution in [3.8, 4) is 0 Å². The number of likely N-dealkylation sites (tertiary alicyclic amines) is 1. The van der Waals surface area contributed by atoms with Gasteiger partial charge in [0.2, 0.25) is 0 Å². The Hall–Kier alpha value is -1.10. The van der Waals surface area contributed by atoms with Crippen LogP contribution in [0, 0.1) is 12.8 Å². The number of carbonyl (C=O) groups is 1. The summed E-state index contributed by atoms with van der Waals surface area (Å²) < 4.78 is 0. The molecule has 2 atom stereocenters. The van der Waals surface area contributed by atoms with E-state index in [1.165, 1.54) is 11.3 Å². The molecule has 0 saturated carbocycles. The van der Waals surface area contributed by atoms with Crippen LogP contribution in [0.15, 0.2) is 0 Å². The van der Waals surface area contributed by atoms with Gasteiger partial charge < -0.3 is 10.6 Å². The van der Waals surface area contributed by atoms with Crippen LogP contribution in [0.4, 0.5) is 5.13 Å². The molecule has 88 valence electrons. The molecular formula is C11H17N3OS. The van der Waals surface area contributed by atoms with E-state index in [9.17, 15) is 4.79 Å². The number of thiazole rings is 1. The zero-order chi connectivity index (χ0) is 11.9. The second-order valence-corrected chi connectivity index (χ2v) is 5.64. The topological polar surface area (TPSA) is 59.2 Å². The summed E-state index contributed by atoms with van der Waals surface area (Å²) in [5.41, 5.74) is 6.36. The lowest BCUT2D eigenvalue weighted by molar-refractivity contribution is 0.0747. The van der Waals surface area contributed by atoms with Crippen LogP contribution in [0.2, 0.25) is 0 Å². The van der Waals surface area contributed by atoms with Gasteiger partial charge in [-0.25, -0.2) is 4.98 Å². The van der Waals surface area contributed by atoms with Crippen molar-refractivity contribution in [2.45, 2.75) is 33.2 Å². The zero-order valence-electron chi connectivity index (χ0n) is 9.86. The minimum atomic E-state index is 0.0866. The minimum Gasteiger partial charge on any atom is -0.375 e. The molecule has 16 heavy (non-hydrogen) atoms. The Morgan fingerprint density at radius 3 is 2.69 bits per heavy atom. The van der Waals surface area contributed by atoms with Gasteiger partial charge in [-0.1, -0.05) is 18.3 Å². The molecule has 1 fully saturated rings. The van der Waals surface area contributed by atoms with Crippen molar-refractivity contribution in [2.75, 3.05) is 12.3 Å². The lowest BCUT2D eigenvalue weighted by atomic mass is 10.1. The van der Waals surface area contributed by atoms with Crippen molar-refractivity contribution in [3.63, 3.8) is 0 Å². The SMILES string of the molecule is Cc1nc(N)sc1C(=O)N1CC(C)CC1C. The predicted molar refractivity (Wildman–Crippen MR) is 65.5 cm³/mol. The fourth-order valence-corrected chi connectivity index (χ4v) is 3.12. The molecule has 0 bridgehead atoms. The van der Waals surface area contributed by atoms with Gasteiger partial charge in [-0.2, -0.15) is 0 Å². The number of nitrogens with zero attached hydrogens (tertiary/aromatic N) is 2. The number of aromatic nitrogens is 1. The van der Waals surface area contributed by atoms with Crippen molar-refractivity contribution in [1.29, 1.82) is 0 Å². The monoisotopic (exact) mass is 239 g/mol. The van der Waals surface area contributed by atoms with Gasteiger partial charge in [0, 0.05) is 12.6 Å². The molecule has 1 aromatic heterocycles. The van der Waals surface area contributed by atoms with E-state index >= 15 is 0 Å². The number of nitrogen functional groups attached to an aromatic ring is 1. The molecule has 2 N–H and O–H groups in total. The standard InChI is InChI=1S/C11H17N3OS/c1-6-4-7(2)14(5-6)10(15)9-8(3)13-11(12)16-9/h6-7H,4-5H2,1-3H3,(H2,12,13). The fourth-order valence-electron chi connectivity index (χ4n) is 2.33. The molecule has 0 radical (unpaired) electrons. The van der Waals surface area contributed by atoms with Gasteiger partial charge >= 0.3 is 0 Å². The molecule has 0 aromatic carbocycles. The summed E-state index contributed by atoms with van der Waals surface area (Å²) in [6.45, 7) is 6.96. The smallest absolute Gasteiger partial charge is 0.266 e. The van der Waals surface area contributed by atoms with Crippen molar-refractivity contribution in [3.05, 3.63) is 10.6 Å². The largest absolute Gasteiger partial charge is 0.375 e. The van der Waals surface area contributed by atoms with Crippen LogP contribution in [-0.2, 0) is 0 Å². The van der Waals surface area contributed by atoms with Crippen LogP contribution in [0.3, 0.4) is 0 Å². The van der Waals surface area contributed by atoms with Gasteiger partial charge in [0.15, 0.2) is 5.13 Å². The molecule has 2 rings (SSSR count). The predicted octanol–water partition coefficient (Wildman–Crippen LogP) is 1.90. The molecule has 1 aliphatic rings. The van der Waals surface area contributed by atoms with Gasteiger partial charge in [-0.3, -0.25) is 4.79 Å². The molecule has 4 nitrogen and oxygen atoms in total. The van der Waals surface area contributed by atoms with E-state index in [1.807, 2.05) is 11.8 Å². The van der Waals surface area contributed by atoms with Crippen LogP contribution in [0.25, 0.3) is 0 Å². The number of nitrogens with two attached hydrogens (primary N) is 1. The summed E-state index contributed by atoms with van der Waals surface area (Å²) >= 11 is 1.29. The number of carbonyl (C=O) groups excluding carboxylic acids is 1. The van der Waals surface area contributed by atoms with Crippen molar-refractivity contribution >= 4 is 22.4 Å². The van der Waals surface area contributed by atoms with Gasteiger partial charge in [-0.15, -0.1) is 0 Å². The number of hydrogen-bond donors (Lipinski definition) is 1. The van der Waals surface area contributed by atoms with E-state index in [0.29, 0.717) is 22.0 Å². The Labute approximate surface area is 99.5 Å². The van der Waals surface area contributed by atoms with Crippen LogP contribution < -0.4 is 5.73 Å². The van der Waals surface area contributed by atoms with E-state index in [-0.39, 0.29) is 5.91 Å². The van der Waals surface area contributed by atoms with Crippen LogP contribution in [0.1, 0.15) is 35.6 Å². The second-order valence-electron chi connectivity index (χ2n) is 4.61. The fraction of sp³-hybridized carbons (Fsp3) is 0.636. The van der Waals surface area contributed by atoms with Gasteiger partial charge in [0.05, 0.1) is 5.69 Å². The van der Waals surface area contributed by atoms with E-state index in [0.717, 1.165) is 18.7 Å². The molecule has 1 aliphatic heterocycles.